The summed E-state index contributed by atoms with van der Waals surface area (Å²) in [7, 11) is 0. The third kappa shape index (κ3) is 4.03. The van der Waals surface area contributed by atoms with Gasteiger partial charge in [-0.15, -0.1) is 0 Å². The van der Waals surface area contributed by atoms with Gasteiger partial charge in [-0.05, 0) is 42.3 Å². The van der Waals surface area contributed by atoms with E-state index in [0.29, 0.717) is 29.5 Å². The molecule has 4 nitrogen and oxygen atoms in total. The molecule has 1 unspecified atom stereocenters. The van der Waals surface area contributed by atoms with Crippen LogP contribution in [0, 0.1) is 0 Å². The molecule has 2 N–H and O–H groups in total. The first kappa shape index (κ1) is 15.8. The predicted molar refractivity (Wildman–Crippen MR) is 90.7 cm³/mol. The Morgan fingerprint density at radius 3 is 2.74 bits per heavy atom. The first-order chi connectivity index (χ1) is 11.1. The molecule has 5 heteroatoms. The van der Waals surface area contributed by atoms with Gasteiger partial charge in [0.25, 0.3) is 5.91 Å². The molecular formula is C18H19ClN2O2. The number of hydrogen-bond donors (Lipinski definition) is 1. The number of amides is 1. The molecule has 2 aromatic carbocycles. The second kappa shape index (κ2) is 7.02. The van der Waals surface area contributed by atoms with Gasteiger partial charge in [-0.1, -0.05) is 29.8 Å². The molecular weight excluding hydrogens is 312 g/mol. The van der Waals surface area contributed by atoms with Crippen LogP contribution in [0.3, 0.4) is 0 Å². The highest BCUT2D eigenvalue weighted by atomic mass is 35.5. The second-order valence-electron chi connectivity index (χ2n) is 5.74. The molecule has 3 rings (SSSR count). The molecule has 0 spiro atoms. The van der Waals surface area contributed by atoms with E-state index in [4.69, 9.17) is 22.1 Å². The van der Waals surface area contributed by atoms with Crippen LogP contribution in [0.2, 0.25) is 5.02 Å². The highest BCUT2D eigenvalue weighted by Crippen LogP contribution is 2.19. The quantitative estimate of drug-likeness (QED) is 0.937. The fraction of sp³-hybridized carbons (Fsp3) is 0.278. The van der Waals surface area contributed by atoms with Gasteiger partial charge in [0.05, 0.1) is 0 Å². The third-order valence-electron chi connectivity index (χ3n) is 3.91. The number of nitrogens with two attached hydrogens (primary N) is 1. The second-order valence-corrected chi connectivity index (χ2v) is 6.18. The van der Waals surface area contributed by atoms with Crippen molar-refractivity contribution < 1.29 is 9.53 Å². The predicted octanol–water partition coefficient (Wildman–Crippen LogP) is 3.09. The van der Waals surface area contributed by atoms with Gasteiger partial charge in [0, 0.05) is 29.7 Å². The van der Waals surface area contributed by atoms with E-state index >= 15 is 0 Å². The Labute approximate surface area is 140 Å². The maximum absolute atomic E-state index is 12.5. The highest BCUT2D eigenvalue weighted by molar-refractivity contribution is 6.30. The Kier molecular flexibility index (Phi) is 4.84. The summed E-state index contributed by atoms with van der Waals surface area (Å²) in [5, 5.41) is 0.699. The van der Waals surface area contributed by atoms with Crippen LogP contribution in [0.1, 0.15) is 22.3 Å². The highest BCUT2D eigenvalue weighted by Gasteiger charge is 2.24. The molecule has 1 aliphatic rings. The monoisotopic (exact) mass is 330 g/mol. The number of benzene rings is 2. The summed E-state index contributed by atoms with van der Waals surface area (Å²) in [5.74, 6) is 0.684. The molecule has 0 radical (unpaired) electrons. The van der Waals surface area contributed by atoms with Crippen LogP contribution in [0.5, 0.6) is 5.75 Å². The number of ether oxygens (including phenoxy) is 1. The van der Waals surface area contributed by atoms with Crippen LogP contribution in [0.15, 0.2) is 48.5 Å². The van der Waals surface area contributed by atoms with Crippen LogP contribution >= 0.6 is 11.6 Å². The summed E-state index contributed by atoms with van der Waals surface area (Å²) in [6.07, 6.45) is 0.860. The summed E-state index contributed by atoms with van der Waals surface area (Å²) in [4.78, 5) is 14.3. The number of rotatable bonds is 4. The van der Waals surface area contributed by atoms with E-state index in [0.717, 1.165) is 18.5 Å². The number of hydrogen-bond acceptors (Lipinski definition) is 3. The van der Waals surface area contributed by atoms with E-state index < -0.39 is 0 Å². The van der Waals surface area contributed by atoms with Crippen molar-refractivity contribution in [3.8, 4) is 5.75 Å². The van der Waals surface area contributed by atoms with E-state index in [9.17, 15) is 4.79 Å². The smallest absolute Gasteiger partial charge is 0.254 e. The minimum atomic E-state index is 0.00916. The van der Waals surface area contributed by atoms with Gasteiger partial charge in [-0.3, -0.25) is 4.79 Å². The van der Waals surface area contributed by atoms with E-state index in [1.807, 2.05) is 36.4 Å². The van der Waals surface area contributed by atoms with Gasteiger partial charge in [0.15, 0.2) is 0 Å². The standard InChI is InChI=1S/C18H19ClN2O2/c19-15-6-4-13(5-7-15)12-23-17-3-1-2-14(10-17)18(22)21-9-8-16(20)11-21/h1-7,10,16H,8-9,11-12,20H2. The molecule has 1 atom stereocenters. The normalized spacial score (nSPS) is 17.3. The van der Waals surface area contributed by atoms with Crippen LogP contribution < -0.4 is 10.5 Å². The largest absolute Gasteiger partial charge is 0.489 e. The number of likely N-dealkylation sites (tertiary alicyclic amines) is 1. The molecule has 23 heavy (non-hydrogen) atoms. The third-order valence-corrected chi connectivity index (χ3v) is 4.16. The van der Waals surface area contributed by atoms with Crippen LogP contribution in [-0.2, 0) is 6.61 Å². The van der Waals surface area contributed by atoms with Crippen LogP contribution in [0.25, 0.3) is 0 Å². The molecule has 1 heterocycles. The molecule has 1 amide bonds. The molecule has 2 aromatic rings. The summed E-state index contributed by atoms with van der Waals surface area (Å²) in [5.41, 5.74) is 7.52. The average molecular weight is 331 g/mol. The number of carbonyl (C=O) groups is 1. The Balaban J connectivity index is 1.65. The van der Waals surface area contributed by atoms with Crippen molar-refractivity contribution in [2.75, 3.05) is 13.1 Å². The van der Waals surface area contributed by atoms with Gasteiger partial charge < -0.3 is 15.4 Å². The average Bonchev–Trinajstić information content (AvgIpc) is 3.00. The summed E-state index contributed by atoms with van der Waals surface area (Å²) < 4.78 is 5.77. The molecule has 0 saturated carbocycles. The number of nitrogens with zero attached hydrogens (tertiary/aromatic N) is 1. The Morgan fingerprint density at radius 1 is 1.26 bits per heavy atom. The van der Waals surface area contributed by atoms with Crippen molar-refractivity contribution in [1.29, 1.82) is 0 Å². The lowest BCUT2D eigenvalue weighted by Crippen LogP contribution is -2.31. The fourth-order valence-corrected chi connectivity index (χ4v) is 2.75. The van der Waals surface area contributed by atoms with Crippen molar-refractivity contribution in [3.63, 3.8) is 0 Å². The Bertz CT molecular complexity index is 688. The van der Waals surface area contributed by atoms with Crippen molar-refractivity contribution in [1.82, 2.24) is 4.90 Å². The Hall–Kier alpha value is -2.04. The lowest BCUT2D eigenvalue weighted by molar-refractivity contribution is 0.0790. The molecule has 1 aliphatic heterocycles. The zero-order valence-electron chi connectivity index (χ0n) is 12.7. The van der Waals surface area contributed by atoms with Crippen molar-refractivity contribution in [2.45, 2.75) is 19.1 Å². The summed E-state index contributed by atoms with van der Waals surface area (Å²) in [6.45, 7) is 1.77. The van der Waals surface area contributed by atoms with Gasteiger partial charge >= 0.3 is 0 Å². The molecule has 0 aliphatic carbocycles. The SMILES string of the molecule is NC1CCN(C(=O)c2cccc(OCc3ccc(Cl)cc3)c2)C1. The van der Waals surface area contributed by atoms with Crippen LogP contribution in [0.4, 0.5) is 0 Å². The van der Waals surface area contributed by atoms with Gasteiger partial charge in [-0.2, -0.15) is 0 Å². The molecule has 0 bridgehead atoms. The minimum absolute atomic E-state index is 0.00916. The van der Waals surface area contributed by atoms with E-state index in [2.05, 4.69) is 0 Å². The first-order valence-electron chi connectivity index (χ1n) is 7.64. The van der Waals surface area contributed by atoms with E-state index in [1.165, 1.54) is 0 Å². The topological polar surface area (TPSA) is 55.6 Å². The fourth-order valence-electron chi connectivity index (χ4n) is 2.62. The van der Waals surface area contributed by atoms with Crippen LogP contribution in [-0.4, -0.2) is 29.9 Å². The lowest BCUT2D eigenvalue weighted by atomic mass is 10.2. The minimum Gasteiger partial charge on any atom is -0.489 e. The van der Waals surface area contributed by atoms with Gasteiger partial charge in [0.1, 0.15) is 12.4 Å². The molecule has 0 aromatic heterocycles. The van der Waals surface area contributed by atoms with E-state index in [-0.39, 0.29) is 11.9 Å². The molecule has 1 saturated heterocycles. The zero-order chi connectivity index (χ0) is 16.2. The molecule has 120 valence electrons. The summed E-state index contributed by atoms with van der Waals surface area (Å²) >= 11 is 5.87. The van der Waals surface area contributed by atoms with E-state index in [1.54, 1.807) is 17.0 Å². The molecule has 1 fully saturated rings. The first-order valence-corrected chi connectivity index (χ1v) is 8.02. The van der Waals surface area contributed by atoms with Gasteiger partial charge in [0.2, 0.25) is 0 Å². The van der Waals surface area contributed by atoms with Crippen molar-refractivity contribution >= 4 is 17.5 Å². The Morgan fingerprint density at radius 2 is 2.04 bits per heavy atom. The van der Waals surface area contributed by atoms with Gasteiger partial charge in [-0.25, -0.2) is 0 Å². The summed E-state index contributed by atoms with van der Waals surface area (Å²) in [6, 6.07) is 14.9. The maximum atomic E-state index is 12.5. The number of carbonyl (C=O) groups excluding carboxylic acids is 1. The van der Waals surface area contributed by atoms with Crippen molar-refractivity contribution in [2.24, 2.45) is 5.73 Å². The number of halogens is 1. The lowest BCUT2D eigenvalue weighted by Gasteiger charge is -2.16. The zero-order valence-corrected chi connectivity index (χ0v) is 13.5. The maximum Gasteiger partial charge on any atom is 0.254 e. The van der Waals surface area contributed by atoms with Crippen molar-refractivity contribution in [3.05, 3.63) is 64.7 Å².